The molecule has 0 aliphatic rings. The molecule has 6 heteroatoms. The van der Waals surface area contributed by atoms with Crippen LogP contribution in [0.4, 0.5) is 0 Å². The highest BCUT2D eigenvalue weighted by atomic mass is 32.2. The smallest absolute Gasteiger partial charge is 0.209 e. The van der Waals surface area contributed by atoms with Gasteiger partial charge in [0.2, 0.25) is 10.0 Å². The molecule has 0 saturated carbocycles. The van der Waals surface area contributed by atoms with Crippen LogP contribution >= 0.6 is 0 Å². The lowest BCUT2D eigenvalue weighted by Gasteiger charge is -2.26. The van der Waals surface area contributed by atoms with Crippen LogP contribution in [0.5, 0.6) is 11.5 Å². The molecule has 0 saturated heterocycles. The minimum atomic E-state index is -3.29. The van der Waals surface area contributed by atoms with Gasteiger partial charge in [0.15, 0.2) is 11.5 Å². The zero-order valence-corrected chi connectivity index (χ0v) is 12.1. The zero-order valence-electron chi connectivity index (χ0n) is 11.3. The van der Waals surface area contributed by atoms with E-state index >= 15 is 0 Å². The first-order valence-electron chi connectivity index (χ1n) is 5.41. The highest BCUT2D eigenvalue weighted by Crippen LogP contribution is 2.32. The Morgan fingerprint density at radius 3 is 2.11 bits per heavy atom. The molecular weight excluding hydrogens is 254 g/mol. The maximum atomic E-state index is 11.3. The molecule has 0 atom stereocenters. The highest BCUT2D eigenvalue weighted by molar-refractivity contribution is 7.88. The molecule has 0 aliphatic heterocycles. The van der Waals surface area contributed by atoms with Gasteiger partial charge in [-0.1, -0.05) is 6.07 Å². The third-order valence-electron chi connectivity index (χ3n) is 2.55. The lowest BCUT2D eigenvalue weighted by Crippen LogP contribution is -2.40. The van der Waals surface area contributed by atoms with Crippen molar-refractivity contribution in [2.45, 2.75) is 19.4 Å². The van der Waals surface area contributed by atoms with Crippen molar-refractivity contribution in [3.63, 3.8) is 0 Å². The van der Waals surface area contributed by atoms with E-state index in [-0.39, 0.29) is 0 Å². The lowest BCUT2D eigenvalue weighted by atomic mass is 9.95. The topological polar surface area (TPSA) is 64.6 Å². The van der Waals surface area contributed by atoms with Crippen molar-refractivity contribution in [3.8, 4) is 11.5 Å². The van der Waals surface area contributed by atoms with Gasteiger partial charge >= 0.3 is 0 Å². The van der Waals surface area contributed by atoms with Crippen LogP contribution in [0, 0.1) is 0 Å². The van der Waals surface area contributed by atoms with Crippen LogP contribution in [-0.4, -0.2) is 28.9 Å². The molecule has 18 heavy (non-hydrogen) atoms. The molecular formula is C12H19NO4S. The third-order valence-corrected chi connectivity index (χ3v) is 3.43. The third kappa shape index (κ3) is 3.61. The first-order valence-corrected chi connectivity index (χ1v) is 7.30. The molecule has 1 aromatic rings. The van der Waals surface area contributed by atoms with Crippen molar-refractivity contribution in [1.82, 2.24) is 4.72 Å². The summed E-state index contributed by atoms with van der Waals surface area (Å²) >= 11 is 0. The summed E-state index contributed by atoms with van der Waals surface area (Å²) in [5.74, 6) is 1.18. The summed E-state index contributed by atoms with van der Waals surface area (Å²) in [7, 11) is -0.194. The van der Waals surface area contributed by atoms with Gasteiger partial charge in [-0.3, -0.25) is 0 Å². The van der Waals surface area contributed by atoms with Crippen molar-refractivity contribution in [2.75, 3.05) is 20.5 Å². The molecule has 0 aliphatic carbocycles. The van der Waals surface area contributed by atoms with E-state index < -0.39 is 15.6 Å². The lowest BCUT2D eigenvalue weighted by molar-refractivity contribution is 0.352. The van der Waals surface area contributed by atoms with Crippen molar-refractivity contribution < 1.29 is 17.9 Å². The van der Waals surface area contributed by atoms with Crippen LogP contribution < -0.4 is 14.2 Å². The Bertz CT molecular complexity index is 523. The SMILES string of the molecule is COc1ccc(C(C)(C)NS(C)(=O)=O)cc1OC. The fourth-order valence-electron chi connectivity index (χ4n) is 1.75. The van der Waals surface area contributed by atoms with Crippen LogP contribution in [0.25, 0.3) is 0 Å². The maximum Gasteiger partial charge on any atom is 0.209 e. The first kappa shape index (κ1) is 14.8. The van der Waals surface area contributed by atoms with Crippen LogP contribution in [0.15, 0.2) is 18.2 Å². The van der Waals surface area contributed by atoms with Gasteiger partial charge in [-0.25, -0.2) is 13.1 Å². The summed E-state index contributed by atoms with van der Waals surface area (Å²) in [5, 5.41) is 0. The molecule has 0 bridgehead atoms. The summed E-state index contributed by atoms with van der Waals surface area (Å²) in [6.45, 7) is 3.57. The quantitative estimate of drug-likeness (QED) is 0.882. The number of hydrogen-bond donors (Lipinski definition) is 1. The fourth-order valence-corrected chi connectivity index (χ4v) is 2.79. The standard InChI is InChI=1S/C12H19NO4S/c1-12(2,13-18(5,14)15)9-6-7-10(16-3)11(8-9)17-4/h6-8,13H,1-5H3. The molecule has 0 fully saturated rings. The summed E-state index contributed by atoms with van der Waals surface area (Å²) in [6, 6.07) is 5.32. The van der Waals surface area contributed by atoms with E-state index in [1.807, 2.05) is 0 Å². The van der Waals surface area contributed by atoms with Crippen molar-refractivity contribution in [2.24, 2.45) is 0 Å². The Labute approximate surface area is 108 Å². The van der Waals surface area contributed by atoms with Gasteiger partial charge in [0.25, 0.3) is 0 Å². The second-order valence-electron chi connectivity index (χ2n) is 4.57. The molecule has 0 spiro atoms. The Kier molecular flexibility index (Phi) is 4.24. The largest absolute Gasteiger partial charge is 0.493 e. The van der Waals surface area contributed by atoms with E-state index in [0.717, 1.165) is 11.8 Å². The Morgan fingerprint density at radius 1 is 1.11 bits per heavy atom. The van der Waals surface area contributed by atoms with E-state index in [4.69, 9.17) is 9.47 Å². The summed E-state index contributed by atoms with van der Waals surface area (Å²) < 4.78 is 35.6. The van der Waals surface area contributed by atoms with Crippen molar-refractivity contribution >= 4 is 10.0 Å². The normalized spacial score (nSPS) is 12.3. The number of hydrogen-bond acceptors (Lipinski definition) is 4. The van der Waals surface area contributed by atoms with Crippen molar-refractivity contribution in [3.05, 3.63) is 23.8 Å². The molecule has 1 N–H and O–H groups in total. The average Bonchev–Trinajstić information content (AvgIpc) is 2.24. The van der Waals surface area contributed by atoms with Gasteiger partial charge in [-0.05, 0) is 31.5 Å². The molecule has 0 amide bonds. The van der Waals surface area contributed by atoms with E-state index in [1.165, 1.54) is 0 Å². The van der Waals surface area contributed by atoms with E-state index in [1.54, 1.807) is 46.3 Å². The molecule has 5 nitrogen and oxygen atoms in total. The monoisotopic (exact) mass is 273 g/mol. The van der Waals surface area contributed by atoms with E-state index in [9.17, 15) is 8.42 Å². The van der Waals surface area contributed by atoms with Gasteiger partial charge in [-0.2, -0.15) is 0 Å². The molecule has 102 valence electrons. The number of sulfonamides is 1. The second-order valence-corrected chi connectivity index (χ2v) is 6.32. The summed E-state index contributed by atoms with van der Waals surface area (Å²) in [5.41, 5.74) is 0.0817. The fraction of sp³-hybridized carbons (Fsp3) is 0.500. The minimum absolute atomic E-state index is 0.568. The van der Waals surface area contributed by atoms with Gasteiger partial charge in [0.1, 0.15) is 0 Å². The van der Waals surface area contributed by atoms with Gasteiger partial charge in [0.05, 0.1) is 26.0 Å². The number of rotatable bonds is 5. The molecule has 0 aromatic heterocycles. The number of methoxy groups -OCH3 is 2. The van der Waals surface area contributed by atoms with Gasteiger partial charge in [0, 0.05) is 0 Å². The van der Waals surface area contributed by atoms with Crippen LogP contribution in [0.3, 0.4) is 0 Å². The number of benzene rings is 1. The highest BCUT2D eigenvalue weighted by Gasteiger charge is 2.25. The van der Waals surface area contributed by atoms with Crippen LogP contribution in [0.2, 0.25) is 0 Å². The molecule has 0 heterocycles. The Balaban J connectivity index is 3.17. The summed E-state index contributed by atoms with van der Waals surface area (Å²) in [6.07, 6.45) is 1.13. The first-order chi connectivity index (χ1) is 8.19. The second kappa shape index (κ2) is 5.16. The molecule has 1 rings (SSSR count). The molecule has 1 aromatic carbocycles. The zero-order chi connectivity index (χ0) is 14.0. The van der Waals surface area contributed by atoms with E-state index in [0.29, 0.717) is 11.5 Å². The van der Waals surface area contributed by atoms with Gasteiger partial charge < -0.3 is 9.47 Å². The predicted octanol–water partition coefficient (Wildman–Crippen LogP) is 1.49. The predicted molar refractivity (Wildman–Crippen MR) is 70.6 cm³/mol. The minimum Gasteiger partial charge on any atom is -0.493 e. The number of ether oxygens (including phenoxy) is 2. The van der Waals surface area contributed by atoms with Gasteiger partial charge in [-0.15, -0.1) is 0 Å². The maximum absolute atomic E-state index is 11.3. The van der Waals surface area contributed by atoms with E-state index in [2.05, 4.69) is 4.72 Å². The Hall–Kier alpha value is -1.27. The molecule has 0 unspecified atom stereocenters. The number of nitrogens with one attached hydrogen (secondary N) is 1. The van der Waals surface area contributed by atoms with Crippen LogP contribution in [-0.2, 0) is 15.6 Å². The van der Waals surface area contributed by atoms with Crippen molar-refractivity contribution in [1.29, 1.82) is 0 Å². The Morgan fingerprint density at radius 2 is 1.67 bits per heavy atom. The molecule has 0 radical (unpaired) electrons. The average molecular weight is 273 g/mol. The van der Waals surface area contributed by atoms with Crippen LogP contribution in [0.1, 0.15) is 19.4 Å². The summed E-state index contributed by atoms with van der Waals surface area (Å²) in [4.78, 5) is 0.